The van der Waals surface area contributed by atoms with Gasteiger partial charge in [0.15, 0.2) is 11.6 Å². The Balaban J connectivity index is 0.000000202. The third kappa shape index (κ3) is 12.2. The van der Waals surface area contributed by atoms with Gasteiger partial charge in [-0.2, -0.15) is 36.5 Å². The number of anilines is 3. The Morgan fingerprint density at radius 2 is 1.10 bits per heavy atom. The zero-order valence-electron chi connectivity index (χ0n) is 35.7. The van der Waals surface area contributed by atoms with Gasteiger partial charge in [0, 0.05) is 79.0 Å². The molecule has 2 aliphatic rings. The largest absolute Gasteiger partial charge is 0.395 e. The number of carbonyl (C=O) groups excluding carboxylic acids is 2. The van der Waals surface area contributed by atoms with Crippen molar-refractivity contribution < 1.29 is 40.9 Å². The number of nitrogens with one attached hydrogen (secondary N) is 4. The van der Waals surface area contributed by atoms with Gasteiger partial charge in [0.05, 0.1) is 40.4 Å². The lowest BCUT2D eigenvalue weighted by Gasteiger charge is -2.21. The Bertz CT molecular complexity index is 2720. The van der Waals surface area contributed by atoms with E-state index in [0.717, 1.165) is 31.9 Å². The summed E-state index contributed by atoms with van der Waals surface area (Å²) in [6.45, 7) is -0.260. The summed E-state index contributed by atoms with van der Waals surface area (Å²) in [5.41, 5.74) is 19.1. The molecule has 6 heterocycles. The van der Waals surface area contributed by atoms with Crippen LogP contribution >= 0.6 is 0 Å². The number of urea groups is 2. The standard InChI is InChI=1S/C21H21F3N8O3.C21H23F3N8O/c22-21(23,24)16(6-8-27-20(33)30-14-2-3-14)12-1-4-17(28-9-12)31-11-13(10-29-31)15-5-7-26-19(25)18(15)32(34)35;22-21(23,24)16(6-8-28-20(33)31-14-2-3-14)12-1-4-17(29-9-12)32-11-13(10-30-32)15-5-7-27-19(26)18(15)25/h1,4-5,7,9-11,14,16H,2-3,6,8H2,(H2,25,26)(H2,27,30,33);1,4-5,7,9-11,14,16H,2-3,6,8,25H2,(H2,26,27)(H2,28,31,33). The van der Waals surface area contributed by atoms with E-state index >= 15 is 0 Å². The molecule has 4 amide bonds. The highest BCUT2D eigenvalue weighted by Gasteiger charge is 2.42. The molecule has 6 aromatic rings. The molecule has 2 saturated carbocycles. The monoisotopic (exact) mass is 950 g/mol. The molecule has 26 heteroatoms. The van der Waals surface area contributed by atoms with E-state index in [0.29, 0.717) is 28.2 Å². The molecule has 0 radical (unpaired) electrons. The van der Waals surface area contributed by atoms with E-state index in [1.807, 2.05) is 0 Å². The van der Waals surface area contributed by atoms with Gasteiger partial charge in [-0.3, -0.25) is 10.1 Å². The number of nitrogens with zero attached hydrogens (tertiary/aromatic N) is 9. The van der Waals surface area contributed by atoms with Crippen LogP contribution in [0.1, 0.15) is 61.5 Å². The number of hydrogen-bond donors (Lipinski definition) is 7. The van der Waals surface area contributed by atoms with E-state index < -0.39 is 41.2 Å². The second kappa shape index (κ2) is 20.2. The lowest BCUT2D eigenvalue weighted by atomic mass is 9.96. The van der Waals surface area contributed by atoms with Gasteiger partial charge in [0.25, 0.3) is 0 Å². The van der Waals surface area contributed by atoms with E-state index in [1.165, 1.54) is 70.7 Å². The molecular weight excluding hydrogens is 907 g/mol. The van der Waals surface area contributed by atoms with Crippen molar-refractivity contribution >= 4 is 35.1 Å². The molecule has 2 unspecified atom stereocenters. The fourth-order valence-electron chi connectivity index (χ4n) is 6.92. The summed E-state index contributed by atoms with van der Waals surface area (Å²) in [5.74, 6) is -3.07. The predicted octanol–water partition coefficient (Wildman–Crippen LogP) is 6.31. The van der Waals surface area contributed by atoms with Gasteiger partial charge in [0.2, 0.25) is 5.82 Å². The SMILES string of the molecule is Nc1nccc(-c2cnn(-c3ccc(C(CCNC(=O)NC4CC4)C(F)(F)F)cn3)c2)c1N.Nc1nccc(-c2cnn(-c3ccc(C(CCNC(=O)NC4CC4)C(F)(F)F)cn3)c2)c1[N+](=O)[O-]. The van der Waals surface area contributed by atoms with Gasteiger partial charge in [-0.1, -0.05) is 12.1 Å². The van der Waals surface area contributed by atoms with Gasteiger partial charge in [-0.05, 0) is 73.9 Å². The molecule has 0 bridgehead atoms. The first-order chi connectivity index (χ1) is 32.3. The molecule has 0 saturated heterocycles. The van der Waals surface area contributed by atoms with Gasteiger partial charge < -0.3 is 38.5 Å². The number of rotatable bonds is 15. The van der Waals surface area contributed by atoms with Gasteiger partial charge in [-0.25, -0.2) is 38.9 Å². The average Bonchev–Trinajstić information content (AvgIpc) is 4.18. The van der Waals surface area contributed by atoms with Crippen molar-refractivity contribution in [3.05, 3.63) is 107 Å². The Morgan fingerprint density at radius 3 is 1.51 bits per heavy atom. The van der Waals surface area contributed by atoms with Crippen LogP contribution in [-0.2, 0) is 0 Å². The molecule has 0 aliphatic heterocycles. The Labute approximate surface area is 382 Å². The molecule has 20 nitrogen and oxygen atoms in total. The van der Waals surface area contributed by atoms with Crippen molar-refractivity contribution in [3.8, 4) is 33.9 Å². The van der Waals surface area contributed by atoms with Crippen LogP contribution in [0.3, 0.4) is 0 Å². The number of carbonyl (C=O) groups is 2. The zero-order chi connectivity index (χ0) is 48.8. The van der Waals surface area contributed by atoms with Gasteiger partial charge >= 0.3 is 30.1 Å². The number of aromatic nitrogens is 8. The first-order valence-electron chi connectivity index (χ1n) is 21.0. The minimum atomic E-state index is -4.53. The molecule has 358 valence electrons. The summed E-state index contributed by atoms with van der Waals surface area (Å²) in [7, 11) is 0. The van der Waals surface area contributed by atoms with E-state index in [9.17, 15) is 46.0 Å². The molecule has 8 rings (SSSR count). The maximum Gasteiger partial charge on any atom is 0.395 e. The molecule has 2 aliphatic carbocycles. The van der Waals surface area contributed by atoms with E-state index in [1.54, 1.807) is 18.5 Å². The number of nitro groups is 1. The molecule has 10 N–H and O–H groups in total. The number of hydrogen-bond acceptors (Lipinski definition) is 13. The first kappa shape index (κ1) is 47.9. The Kier molecular flexibility index (Phi) is 14.2. The van der Waals surface area contributed by atoms with Crippen molar-refractivity contribution in [2.75, 3.05) is 30.3 Å². The molecule has 0 spiro atoms. The van der Waals surface area contributed by atoms with Crippen LogP contribution in [0.2, 0.25) is 0 Å². The maximum absolute atomic E-state index is 13.7. The summed E-state index contributed by atoms with van der Waals surface area (Å²) in [4.78, 5) is 49.9. The van der Waals surface area contributed by atoms with Crippen molar-refractivity contribution in [1.29, 1.82) is 0 Å². The fourth-order valence-corrected chi connectivity index (χ4v) is 6.92. The predicted molar refractivity (Wildman–Crippen MR) is 235 cm³/mol. The van der Waals surface area contributed by atoms with Crippen molar-refractivity contribution in [2.24, 2.45) is 0 Å². The Hall–Kier alpha value is -8.06. The highest BCUT2D eigenvalue weighted by atomic mass is 19.4. The fraction of sp³-hybridized carbons (Fsp3) is 0.333. The average molecular weight is 951 g/mol. The van der Waals surface area contributed by atoms with Crippen molar-refractivity contribution in [1.82, 2.24) is 60.8 Å². The molecule has 0 aromatic carbocycles. The molecule has 2 atom stereocenters. The minimum absolute atomic E-state index is 0.00850. The lowest BCUT2D eigenvalue weighted by Crippen LogP contribution is -2.38. The topological polar surface area (TPSA) is 291 Å². The molecule has 2 fully saturated rings. The lowest BCUT2D eigenvalue weighted by molar-refractivity contribution is -0.383. The summed E-state index contributed by atoms with van der Waals surface area (Å²) in [5, 5.41) is 30.0. The third-order valence-electron chi connectivity index (χ3n) is 10.8. The summed E-state index contributed by atoms with van der Waals surface area (Å²) < 4.78 is 84.6. The maximum atomic E-state index is 13.7. The van der Waals surface area contributed by atoms with Crippen molar-refractivity contribution in [2.45, 2.75) is 74.8 Å². The van der Waals surface area contributed by atoms with Crippen molar-refractivity contribution in [3.63, 3.8) is 0 Å². The second-order valence-electron chi connectivity index (χ2n) is 15.9. The van der Waals surface area contributed by atoms with Crippen LogP contribution in [0.15, 0.2) is 86.0 Å². The number of nitrogen functional groups attached to an aromatic ring is 3. The smallest absolute Gasteiger partial charge is 0.395 e. The highest BCUT2D eigenvalue weighted by Crippen LogP contribution is 2.39. The second-order valence-corrected chi connectivity index (χ2v) is 15.9. The van der Waals surface area contributed by atoms with E-state index in [4.69, 9.17) is 17.2 Å². The number of halogens is 6. The molecule has 6 aromatic heterocycles. The molecule has 68 heavy (non-hydrogen) atoms. The highest BCUT2D eigenvalue weighted by molar-refractivity contribution is 5.82. The quantitative estimate of drug-likeness (QED) is 0.0338. The van der Waals surface area contributed by atoms with Crippen LogP contribution in [0.5, 0.6) is 0 Å². The number of amides is 4. The summed E-state index contributed by atoms with van der Waals surface area (Å²) >= 11 is 0. The van der Waals surface area contributed by atoms with Crippen LogP contribution < -0.4 is 38.5 Å². The summed E-state index contributed by atoms with van der Waals surface area (Å²) in [6, 6.07) is 7.91. The minimum Gasteiger partial charge on any atom is -0.395 e. The van der Waals surface area contributed by atoms with E-state index in [-0.39, 0.29) is 77.8 Å². The van der Waals surface area contributed by atoms with Crippen LogP contribution in [-0.4, -0.2) is 94.0 Å². The van der Waals surface area contributed by atoms with Gasteiger partial charge in [-0.15, -0.1) is 0 Å². The summed E-state index contributed by atoms with van der Waals surface area (Å²) in [6.07, 6.45) is 5.04. The zero-order valence-corrected chi connectivity index (χ0v) is 35.7. The Morgan fingerprint density at radius 1 is 0.662 bits per heavy atom. The molecular formula is C42H44F6N16O4. The normalized spacial score (nSPS) is 14.5. The number of nitrogens with two attached hydrogens (primary N) is 3. The van der Waals surface area contributed by atoms with Gasteiger partial charge in [0.1, 0.15) is 5.82 Å². The van der Waals surface area contributed by atoms with E-state index in [2.05, 4.69) is 51.4 Å². The van der Waals surface area contributed by atoms with Crippen LogP contribution in [0.25, 0.3) is 33.9 Å². The number of alkyl halides is 6. The number of pyridine rings is 4. The van der Waals surface area contributed by atoms with Crippen LogP contribution in [0, 0.1) is 10.1 Å². The van der Waals surface area contributed by atoms with Crippen LogP contribution in [0.4, 0.5) is 58.9 Å². The first-order valence-corrected chi connectivity index (χ1v) is 21.0. The third-order valence-corrected chi connectivity index (χ3v) is 10.8.